The van der Waals surface area contributed by atoms with E-state index in [2.05, 4.69) is 10.1 Å². The fourth-order valence-corrected chi connectivity index (χ4v) is 2.12. The number of pyridine rings is 1. The molecule has 2 N–H and O–H groups in total. The molecule has 3 aromatic rings. The lowest BCUT2D eigenvalue weighted by Gasteiger charge is -2.03. The van der Waals surface area contributed by atoms with Gasteiger partial charge in [0.05, 0.1) is 5.56 Å². The molecule has 0 amide bonds. The maximum absolute atomic E-state index is 6.01. The van der Waals surface area contributed by atoms with Crippen LogP contribution in [0.15, 0.2) is 53.3 Å². The standard InChI is InChI=1S/C14H10ClN3O/c15-11-3-1-2-10(8-11)12-13(18-19-14(12)16)9-4-6-17-7-5-9/h1-8H,16H2. The number of nitrogens with two attached hydrogens (primary N) is 1. The second-order valence-electron chi connectivity index (χ2n) is 4.02. The number of anilines is 1. The molecule has 1 aromatic carbocycles. The van der Waals surface area contributed by atoms with E-state index in [0.717, 1.165) is 16.7 Å². The molecular formula is C14H10ClN3O. The first-order valence-electron chi connectivity index (χ1n) is 5.67. The quantitative estimate of drug-likeness (QED) is 0.773. The molecule has 2 aromatic heterocycles. The zero-order chi connectivity index (χ0) is 13.2. The van der Waals surface area contributed by atoms with Crippen molar-refractivity contribution in [2.24, 2.45) is 0 Å². The van der Waals surface area contributed by atoms with Gasteiger partial charge in [-0.25, -0.2) is 0 Å². The molecular weight excluding hydrogens is 262 g/mol. The number of rotatable bonds is 2. The molecule has 0 saturated carbocycles. The summed E-state index contributed by atoms with van der Waals surface area (Å²) in [4.78, 5) is 3.98. The van der Waals surface area contributed by atoms with Crippen LogP contribution in [0.25, 0.3) is 22.4 Å². The van der Waals surface area contributed by atoms with Crippen molar-refractivity contribution < 1.29 is 4.52 Å². The summed E-state index contributed by atoms with van der Waals surface area (Å²) in [6, 6.07) is 11.1. The van der Waals surface area contributed by atoms with E-state index in [1.54, 1.807) is 18.5 Å². The van der Waals surface area contributed by atoms with Crippen molar-refractivity contribution in [2.45, 2.75) is 0 Å². The Kier molecular flexibility index (Phi) is 2.93. The minimum atomic E-state index is 0.272. The molecule has 0 saturated heterocycles. The van der Waals surface area contributed by atoms with Crippen LogP contribution < -0.4 is 5.73 Å². The van der Waals surface area contributed by atoms with Crippen LogP contribution in [0.5, 0.6) is 0 Å². The predicted octanol–water partition coefficient (Wildman–Crippen LogP) is 3.64. The summed E-state index contributed by atoms with van der Waals surface area (Å²) < 4.78 is 5.11. The van der Waals surface area contributed by atoms with Crippen LogP contribution >= 0.6 is 11.6 Å². The van der Waals surface area contributed by atoms with Gasteiger partial charge in [0.25, 0.3) is 0 Å². The third-order valence-electron chi connectivity index (χ3n) is 2.79. The molecule has 0 atom stereocenters. The molecule has 5 heteroatoms. The first-order chi connectivity index (χ1) is 9.25. The molecule has 2 heterocycles. The number of hydrogen-bond acceptors (Lipinski definition) is 4. The van der Waals surface area contributed by atoms with E-state index in [0.29, 0.717) is 10.7 Å². The number of aromatic nitrogens is 2. The van der Waals surface area contributed by atoms with Gasteiger partial charge in [0.15, 0.2) is 0 Å². The molecule has 0 fully saturated rings. The minimum Gasteiger partial charge on any atom is -0.367 e. The lowest BCUT2D eigenvalue weighted by atomic mass is 10.0. The molecule has 0 radical (unpaired) electrons. The summed E-state index contributed by atoms with van der Waals surface area (Å²) >= 11 is 6.01. The molecule has 19 heavy (non-hydrogen) atoms. The Morgan fingerprint density at radius 3 is 2.58 bits per heavy atom. The molecule has 0 unspecified atom stereocenters. The van der Waals surface area contributed by atoms with Gasteiger partial charge in [-0.2, -0.15) is 0 Å². The summed E-state index contributed by atoms with van der Waals surface area (Å²) in [6.07, 6.45) is 3.39. The van der Waals surface area contributed by atoms with Crippen molar-refractivity contribution >= 4 is 17.5 Å². The highest BCUT2D eigenvalue weighted by molar-refractivity contribution is 6.30. The Hall–Kier alpha value is -2.33. The van der Waals surface area contributed by atoms with E-state index in [-0.39, 0.29) is 5.88 Å². The third kappa shape index (κ3) is 2.18. The van der Waals surface area contributed by atoms with Crippen molar-refractivity contribution in [1.29, 1.82) is 0 Å². The monoisotopic (exact) mass is 271 g/mol. The van der Waals surface area contributed by atoms with Crippen molar-refractivity contribution in [3.8, 4) is 22.4 Å². The number of nitrogens with zero attached hydrogens (tertiary/aromatic N) is 2. The highest BCUT2D eigenvalue weighted by Gasteiger charge is 2.17. The van der Waals surface area contributed by atoms with Crippen LogP contribution in [-0.4, -0.2) is 10.1 Å². The second-order valence-corrected chi connectivity index (χ2v) is 4.45. The molecule has 0 aliphatic heterocycles. The number of hydrogen-bond donors (Lipinski definition) is 1. The average molecular weight is 272 g/mol. The van der Waals surface area contributed by atoms with E-state index in [9.17, 15) is 0 Å². The third-order valence-corrected chi connectivity index (χ3v) is 3.02. The first kappa shape index (κ1) is 11.7. The fraction of sp³-hybridized carbons (Fsp3) is 0. The van der Waals surface area contributed by atoms with Crippen LogP contribution in [0.4, 0.5) is 5.88 Å². The largest absolute Gasteiger partial charge is 0.367 e. The van der Waals surface area contributed by atoms with Gasteiger partial charge >= 0.3 is 0 Å². The van der Waals surface area contributed by atoms with Gasteiger partial charge in [0.2, 0.25) is 5.88 Å². The summed E-state index contributed by atoms with van der Waals surface area (Å²) in [6.45, 7) is 0. The van der Waals surface area contributed by atoms with Crippen molar-refractivity contribution in [1.82, 2.24) is 10.1 Å². The smallest absolute Gasteiger partial charge is 0.230 e. The Labute approximate surface area is 114 Å². The second kappa shape index (κ2) is 4.74. The summed E-state index contributed by atoms with van der Waals surface area (Å²) in [5.74, 6) is 0.272. The summed E-state index contributed by atoms with van der Waals surface area (Å²) in [5.41, 5.74) is 9.07. The van der Waals surface area contributed by atoms with Gasteiger partial charge in [0.1, 0.15) is 5.69 Å². The lowest BCUT2D eigenvalue weighted by molar-refractivity contribution is 0.439. The van der Waals surface area contributed by atoms with Crippen molar-refractivity contribution in [2.75, 3.05) is 5.73 Å². The molecule has 0 aliphatic carbocycles. The molecule has 0 aliphatic rings. The topological polar surface area (TPSA) is 64.9 Å². The SMILES string of the molecule is Nc1onc(-c2ccncc2)c1-c1cccc(Cl)c1. The molecule has 94 valence electrons. The first-order valence-corrected chi connectivity index (χ1v) is 6.05. The van der Waals surface area contributed by atoms with Crippen LogP contribution in [0.1, 0.15) is 0 Å². The van der Waals surface area contributed by atoms with Gasteiger partial charge in [-0.05, 0) is 29.8 Å². The summed E-state index contributed by atoms with van der Waals surface area (Å²) in [5, 5.41) is 4.66. The molecule has 0 bridgehead atoms. The highest BCUT2D eigenvalue weighted by atomic mass is 35.5. The number of benzene rings is 1. The number of nitrogen functional groups attached to an aromatic ring is 1. The maximum atomic E-state index is 6.01. The number of halogens is 1. The minimum absolute atomic E-state index is 0.272. The molecule has 4 nitrogen and oxygen atoms in total. The average Bonchev–Trinajstić information content (AvgIpc) is 2.82. The molecule has 0 spiro atoms. The van der Waals surface area contributed by atoms with E-state index in [1.165, 1.54) is 0 Å². The van der Waals surface area contributed by atoms with E-state index < -0.39 is 0 Å². The summed E-state index contributed by atoms with van der Waals surface area (Å²) in [7, 11) is 0. The van der Waals surface area contributed by atoms with Crippen LogP contribution in [0.3, 0.4) is 0 Å². The van der Waals surface area contributed by atoms with Crippen LogP contribution in [-0.2, 0) is 0 Å². The van der Waals surface area contributed by atoms with Gasteiger partial charge < -0.3 is 10.3 Å². The van der Waals surface area contributed by atoms with E-state index in [1.807, 2.05) is 30.3 Å². The lowest BCUT2D eigenvalue weighted by Crippen LogP contribution is -1.88. The Morgan fingerprint density at radius 1 is 1.05 bits per heavy atom. The van der Waals surface area contributed by atoms with E-state index >= 15 is 0 Å². The van der Waals surface area contributed by atoms with Gasteiger partial charge in [0, 0.05) is 23.0 Å². The normalized spacial score (nSPS) is 10.6. The molecule has 3 rings (SSSR count). The Morgan fingerprint density at radius 2 is 1.84 bits per heavy atom. The van der Waals surface area contributed by atoms with Gasteiger partial charge in [-0.3, -0.25) is 4.98 Å². The van der Waals surface area contributed by atoms with Gasteiger partial charge in [-0.15, -0.1) is 0 Å². The van der Waals surface area contributed by atoms with Crippen LogP contribution in [0, 0.1) is 0 Å². The van der Waals surface area contributed by atoms with Crippen molar-refractivity contribution in [3.63, 3.8) is 0 Å². The van der Waals surface area contributed by atoms with Crippen LogP contribution in [0.2, 0.25) is 5.02 Å². The Bertz CT molecular complexity index is 710. The van der Waals surface area contributed by atoms with E-state index in [4.69, 9.17) is 21.9 Å². The zero-order valence-corrected chi connectivity index (χ0v) is 10.6. The Balaban J connectivity index is 2.20. The highest BCUT2D eigenvalue weighted by Crippen LogP contribution is 2.36. The van der Waals surface area contributed by atoms with Gasteiger partial charge in [-0.1, -0.05) is 28.9 Å². The fourth-order valence-electron chi connectivity index (χ4n) is 1.93. The predicted molar refractivity (Wildman–Crippen MR) is 74.6 cm³/mol. The zero-order valence-electron chi connectivity index (χ0n) is 9.88. The maximum Gasteiger partial charge on any atom is 0.230 e. The van der Waals surface area contributed by atoms with Crippen molar-refractivity contribution in [3.05, 3.63) is 53.8 Å².